The van der Waals surface area contributed by atoms with Crippen molar-refractivity contribution < 1.29 is 9.18 Å². The minimum Gasteiger partial charge on any atom is -0.368 e. The summed E-state index contributed by atoms with van der Waals surface area (Å²) in [5.74, 6) is -0.871. The van der Waals surface area contributed by atoms with E-state index in [-0.39, 0.29) is 11.7 Å². The quantitative estimate of drug-likeness (QED) is 0.850. The first-order valence-electron chi connectivity index (χ1n) is 8.98. The Hall–Kier alpha value is -2.69. The number of amides is 1. The molecule has 1 aliphatic heterocycles. The van der Waals surface area contributed by atoms with Crippen molar-refractivity contribution in [3.8, 4) is 0 Å². The Morgan fingerprint density at radius 1 is 1.19 bits per heavy atom. The van der Waals surface area contributed by atoms with Gasteiger partial charge in [-0.25, -0.2) is 9.40 Å². The highest BCUT2D eigenvalue weighted by atomic mass is 19.1. The molecule has 2 unspecified atom stereocenters. The van der Waals surface area contributed by atoms with E-state index in [9.17, 15) is 9.18 Å². The Morgan fingerprint density at radius 2 is 1.85 bits per heavy atom. The largest absolute Gasteiger partial charge is 0.368 e. The van der Waals surface area contributed by atoms with Crippen molar-refractivity contribution in [1.29, 1.82) is 0 Å². The number of anilines is 1. The first kappa shape index (κ1) is 18.1. The summed E-state index contributed by atoms with van der Waals surface area (Å²) in [5.41, 5.74) is 7.31. The molecule has 136 valence electrons. The fourth-order valence-electron chi connectivity index (χ4n) is 3.57. The van der Waals surface area contributed by atoms with Crippen molar-refractivity contribution in [3.05, 3.63) is 66.0 Å². The molecular weight excluding hydrogens is 329 g/mol. The van der Waals surface area contributed by atoms with Crippen LogP contribution < -0.4 is 10.7 Å². The lowest BCUT2D eigenvalue weighted by molar-refractivity contribution is -0.123. The van der Waals surface area contributed by atoms with Crippen molar-refractivity contribution in [3.63, 3.8) is 0 Å². The van der Waals surface area contributed by atoms with Gasteiger partial charge in [-0.05, 0) is 43.2 Å². The van der Waals surface area contributed by atoms with Gasteiger partial charge in [-0.15, -0.1) is 0 Å². The molecule has 5 heteroatoms. The predicted molar refractivity (Wildman–Crippen MR) is 102 cm³/mol. The maximum atomic E-state index is 13.4. The number of para-hydroxylation sites is 1. The molecule has 1 amide bonds. The van der Waals surface area contributed by atoms with Crippen molar-refractivity contribution in [1.82, 2.24) is 0 Å². The number of halogens is 1. The highest BCUT2D eigenvalue weighted by molar-refractivity contribution is 6.10. The van der Waals surface area contributed by atoms with Gasteiger partial charge in [0, 0.05) is 5.92 Å². The lowest BCUT2D eigenvalue weighted by Crippen LogP contribution is -2.56. The molecular formula is C21H24FN3O. The molecule has 0 fully saturated rings. The predicted octanol–water partition coefficient (Wildman–Crippen LogP) is 4.10. The summed E-state index contributed by atoms with van der Waals surface area (Å²) in [4.78, 5) is 12.6. The number of carbonyl (C=O) groups is 1. The summed E-state index contributed by atoms with van der Waals surface area (Å²) < 4.78 is 13.4. The summed E-state index contributed by atoms with van der Waals surface area (Å²) in [7, 11) is 0. The lowest BCUT2D eigenvalue weighted by atomic mass is 9.77. The van der Waals surface area contributed by atoms with Gasteiger partial charge in [0.1, 0.15) is 11.4 Å². The zero-order chi connectivity index (χ0) is 18.7. The number of hydrazone groups is 1. The molecule has 2 aromatic rings. The Balaban J connectivity index is 2.12. The van der Waals surface area contributed by atoms with Gasteiger partial charge in [-0.3, -0.25) is 4.79 Å². The number of primary amides is 1. The number of rotatable bonds is 6. The van der Waals surface area contributed by atoms with Crippen LogP contribution in [-0.2, 0) is 4.79 Å². The monoisotopic (exact) mass is 353 g/mol. The van der Waals surface area contributed by atoms with Crippen LogP contribution in [0.1, 0.15) is 38.7 Å². The van der Waals surface area contributed by atoms with Crippen LogP contribution in [0.5, 0.6) is 0 Å². The van der Waals surface area contributed by atoms with Crippen molar-refractivity contribution in [2.75, 3.05) is 5.01 Å². The maximum Gasteiger partial charge on any atom is 0.245 e. The second-order valence-electron chi connectivity index (χ2n) is 6.85. The van der Waals surface area contributed by atoms with Gasteiger partial charge in [-0.2, -0.15) is 5.10 Å². The number of hydrogen-bond donors (Lipinski definition) is 1. The van der Waals surface area contributed by atoms with E-state index in [4.69, 9.17) is 10.8 Å². The van der Waals surface area contributed by atoms with Gasteiger partial charge in [0.05, 0.1) is 11.4 Å². The van der Waals surface area contributed by atoms with E-state index in [2.05, 4.69) is 6.92 Å². The molecule has 2 atom stereocenters. The molecule has 1 aliphatic rings. The molecule has 0 aromatic heterocycles. The molecule has 0 bridgehead atoms. The Morgan fingerprint density at radius 3 is 2.42 bits per heavy atom. The summed E-state index contributed by atoms with van der Waals surface area (Å²) in [5, 5.41) is 6.52. The number of nitrogens with zero attached hydrogens (tertiary/aromatic N) is 2. The molecule has 2 aromatic carbocycles. The van der Waals surface area contributed by atoms with Gasteiger partial charge < -0.3 is 5.73 Å². The topological polar surface area (TPSA) is 58.7 Å². The molecule has 0 radical (unpaired) electrons. The van der Waals surface area contributed by atoms with E-state index < -0.39 is 11.4 Å². The Bertz CT molecular complexity index is 804. The number of benzene rings is 2. The lowest BCUT2D eigenvalue weighted by Gasteiger charge is -2.36. The first-order chi connectivity index (χ1) is 12.5. The van der Waals surface area contributed by atoms with Crippen molar-refractivity contribution >= 4 is 17.3 Å². The van der Waals surface area contributed by atoms with E-state index in [0.717, 1.165) is 36.2 Å². The van der Waals surface area contributed by atoms with Crippen LogP contribution in [-0.4, -0.2) is 17.2 Å². The molecule has 4 nitrogen and oxygen atoms in total. The number of nitrogens with two attached hydrogens (primary N) is 1. The van der Waals surface area contributed by atoms with Gasteiger partial charge in [0.2, 0.25) is 5.91 Å². The summed E-state index contributed by atoms with van der Waals surface area (Å²) in [6.45, 7) is 3.96. The summed E-state index contributed by atoms with van der Waals surface area (Å²) in [6.07, 6.45) is 2.75. The average Bonchev–Trinajstić information content (AvgIpc) is 2.95. The average molecular weight is 353 g/mol. The third-order valence-corrected chi connectivity index (χ3v) is 5.14. The molecule has 2 N–H and O–H groups in total. The zero-order valence-corrected chi connectivity index (χ0v) is 15.2. The molecule has 0 aliphatic carbocycles. The minimum atomic E-state index is -0.972. The molecule has 26 heavy (non-hydrogen) atoms. The SMILES string of the molecule is CCCCC1C(c2ccc(F)cc2)=NN(c2ccccc2)C1(C)C(N)=O. The smallest absolute Gasteiger partial charge is 0.245 e. The van der Waals surface area contributed by atoms with Gasteiger partial charge in [0.25, 0.3) is 0 Å². The van der Waals surface area contributed by atoms with Crippen molar-refractivity contribution in [2.45, 2.75) is 38.6 Å². The first-order valence-corrected chi connectivity index (χ1v) is 8.98. The van der Waals surface area contributed by atoms with Gasteiger partial charge >= 0.3 is 0 Å². The van der Waals surface area contributed by atoms with Crippen LogP contribution in [0.15, 0.2) is 59.7 Å². The van der Waals surface area contributed by atoms with Crippen LogP contribution in [0.25, 0.3) is 0 Å². The van der Waals surface area contributed by atoms with E-state index in [1.165, 1.54) is 12.1 Å². The second kappa shape index (κ2) is 7.28. The molecule has 1 heterocycles. The van der Waals surface area contributed by atoms with Crippen LogP contribution >= 0.6 is 0 Å². The fraction of sp³-hybridized carbons (Fsp3) is 0.333. The van der Waals surface area contributed by atoms with Crippen LogP contribution in [0.4, 0.5) is 10.1 Å². The Labute approximate surface area is 153 Å². The van der Waals surface area contributed by atoms with Gasteiger partial charge in [0.15, 0.2) is 0 Å². The normalized spacial score (nSPS) is 22.3. The van der Waals surface area contributed by atoms with Crippen LogP contribution in [0.3, 0.4) is 0 Å². The highest BCUT2D eigenvalue weighted by Crippen LogP contribution is 2.41. The Kier molecular flexibility index (Phi) is 5.07. The number of hydrogen-bond acceptors (Lipinski definition) is 3. The molecule has 0 spiro atoms. The summed E-state index contributed by atoms with van der Waals surface area (Å²) >= 11 is 0. The standard InChI is InChI=1S/C21H24FN3O/c1-3-4-10-18-19(15-11-13-16(22)14-12-15)24-25(21(18,2)20(23)26)17-8-6-5-7-9-17/h5-9,11-14,18H,3-4,10H2,1-2H3,(H2,23,26). The molecule has 0 saturated heterocycles. The van der Waals surface area contributed by atoms with Crippen molar-refractivity contribution in [2.24, 2.45) is 16.8 Å². The fourth-order valence-corrected chi connectivity index (χ4v) is 3.57. The molecule has 0 saturated carbocycles. The van der Waals surface area contributed by atoms with E-state index in [1.54, 1.807) is 17.1 Å². The van der Waals surface area contributed by atoms with E-state index in [0.29, 0.717) is 0 Å². The summed E-state index contributed by atoms with van der Waals surface area (Å²) in [6, 6.07) is 15.8. The maximum absolute atomic E-state index is 13.4. The molecule has 3 rings (SSSR count). The minimum absolute atomic E-state index is 0.161. The van der Waals surface area contributed by atoms with E-state index >= 15 is 0 Å². The van der Waals surface area contributed by atoms with E-state index in [1.807, 2.05) is 37.3 Å². The third kappa shape index (κ3) is 3.09. The van der Waals surface area contributed by atoms with Crippen LogP contribution in [0, 0.1) is 11.7 Å². The highest BCUT2D eigenvalue weighted by Gasteiger charge is 2.52. The third-order valence-electron chi connectivity index (χ3n) is 5.14. The van der Waals surface area contributed by atoms with Crippen LogP contribution in [0.2, 0.25) is 0 Å². The van der Waals surface area contributed by atoms with Gasteiger partial charge in [-0.1, -0.05) is 50.1 Å². The number of carbonyl (C=O) groups excluding carboxylic acids is 1. The zero-order valence-electron chi connectivity index (χ0n) is 15.2. The number of unbranched alkanes of at least 4 members (excludes halogenated alkanes) is 1. The second-order valence-corrected chi connectivity index (χ2v) is 6.85.